The molecule has 0 atom stereocenters. The number of aromatic nitrogens is 1. The van der Waals surface area contributed by atoms with Crippen LogP contribution in [0.25, 0.3) is 0 Å². The van der Waals surface area contributed by atoms with Crippen LogP contribution in [0.2, 0.25) is 0 Å². The quantitative estimate of drug-likeness (QED) is 0.581. The molecule has 1 aliphatic rings. The summed E-state index contributed by atoms with van der Waals surface area (Å²) in [6.45, 7) is 0.164. The fourth-order valence-corrected chi connectivity index (χ4v) is 2.82. The van der Waals surface area contributed by atoms with Crippen LogP contribution in [-0.2, 0) is 6.18 Å². The summed E-state index contributed by atoms with van der Waals surface area (Å²) in [5.41, 5.74) is -1.38. The maximum Gasteiger partial charge on any atom is 0.416 e. The SMILES string of the molecule is Fc1nc(F)c(F)c(N2CCN(c3cccc(C(F)(F)F)c3)CC2)c1F. The van der Waals surface area contributed by atoms with Gasteiger partial charge in [0.25, 0.3) is 11.9 Å². The number of halogens is 7. The molecule has 3 rings (SSSR count). The molecule has 1 aliphatic heterocycles. The van der Waals surface area contributed by atoms with Gasteiger partial charge in [-0.25, -0.2) is 0 Å². The van der Waals surface area contributed by atoms with Gasteiger partial charge in [0, 0.05) is 31.9 Å². The third-order valence-electron chi connectivity index (χ3n) is 4.11. The van der Waals surface area contributed by atoms with Gasteiger partial charge < -0.3 is 9.80 Å². The highest BCUT2D eigenvalue weighted by molar-refractivity contribution is 5.54. The molecule has 1 fully saturated rings. The summed E-state index contributed by atoms with van der Waals surface area (Å²) in [4.78, 5) is 5.19. The van der Waals surface area contributed by atoms with Crippen molar-refractivity contribution in [2.45, 2.75) is 6.18 Å². The van der Waals surface area contributed by atoms with Gasteiger partial charge in [-0.2, -0.15) is 35.7 Å². The first-order chi connectivity index (χ1) is 12.2. The molecule has 3 nitrogen and oxygen atoms in total. The van der Waals surface area contributed by atoms with Crippen LogP contribution in [0.4, 0.5) is 42.1 Å². The van der Waals surface area contributed by atoms with Crippen LogP contribution in [0, 0.1) is 23.5 Å². The van der Waals surface area contributed by atoms with Gasteiger partial charge in [0.1, 0.15) is 5.69 Å². The molecule has 1 aromatic carbocycles. The lowest BCUT2D eigenvalue weighted by Crippen LogP contribution is -2.47. The minimum atomic E-state index is -4.49. The Balaban J connectivity index is 1.79. The Labute approximate surface area is 143 Å². The van der Waals surface area contributed by atoms with Crippen LogP contribution in [0.3, 0.4) is 0 Å². The Hall–Kier alpha value is -2.52. The summed E-state index contributed by atoms with van der Waals surface area (Å²) in [6, 6.07) is 4.66. The number of rotatable bonds is 2. The van der Waals surface area contributed by atoms with E-state index in [1.807, 2.05) is 0 Å². The zero-order valence-electron chi connectivity index (χ0n) is 13.1. The van der Waals surface area contributed by atoms with E-state index in [-0.39, 0.29) is 26.2 Å². The lowest BCUT2D eigenvalue weighted by atomic mass is 10.1. The summed E-state index contributed by atoms with van der Waals surface area (Å²) in [5.74, 6) is -6.70. The molecule has 2 aromatic rings. The van der Waals surface area contributed by atoms with E-state index in [1.54, 1.807) is 4.90 Å². The largest absolute Gasteiger partial charge is 0.416 e. The predicted octanol–water partition coefficient (Wildman–Crippen LogP) is 3.98. The molecule has 0 aliphatic carbocycles. The maximum absolute atomic E-state index is 13.8. The van der Waals surface area contributed by atoms with Crippen molar-refractivity contribution in [2.75, 3.05) is 36.0 Å². The fourth-order valence-electron chi connectivity index (χ4n) is 2.82. The monoisotopic (exact) mass is 379 g/mol. The van der Waals surface area contributed by atoms with Gasteiger partial charge in [-0.15, -0.1) is 0 Å². The number of hydrogen-bond acceptors (Lipinski definition) is 3. The average molecular weight is 379 g/mol. The molecular weight excluding hydrogens is 367 g/mol. The fraction of sp³-hybridized carbons (Fsp3) is 0.312. The van der Waals surface area contributed by atoms with E-state index in [0.29, 0.717) is 5.69 Å². The molecule has 140 valence electrons. The van der Waals surface area contributed by atoms with Crippen molar-refractivity contribution in [3.8, 4) is 0 Å². The second-order valence-electron chi connectivity index (χ2n) is 5.69. The minimum Gasteiger partial charge on any atom is -0.368 e. The highest BCUT2D eigenvalue weighted by atomic mass is 19.4. The molecule has 1 aromatic heterocycles. The smallest absolute Gasteiger partial charge is 0.368 e. The number of nitrogens with zero attached hydrogens (tertiary/aromatic N) is 3. The van der Waals surface area contributed by atoms with Crippen LogP contribution >= 0.6 is 0 Å². The number of piperazine rings is 1. The van der Waals surface area contributed by atoms with Crippen LogP contribution < -0.4 is 9.80 Å². The summed E-state index contributed by atoms with van der Waals surface area (Å²) >= 11 is 0. The topological polar surface area (TPSA) is 19.4 Å². The summed E-state index contributed by atoms with van der Waals surface area (Å²) < 4.78 is 92.5. The van der Waals surface area contributed by atoms with Crippen LogP contribution in [0.1, 0.15) is 5.56 Å². The third-order valence-corrected chi connectivity index (χ3v) is 4.11. The molecule has 1 saturated heterocycles. The van der Waals surface area contributed by atoms with E-state index >= 15 is 0 Å². The van der Waals surface area contributed by atoms with Crippen LogP contribution in [-0.4, -0.2) is 31.2 Å². The molecule has 0 spiro atoms. The summed E-state index contributed by atoms with van der Waals surface area (Å²) in [7, 11) is 0. The summed E-state index contributed by atoms with van der Waals surface area (Å²) in [6.07, 6.45) is -4.49. The van der Waals surface area contributed by atoms with E-state index in [9.17, 15) is 30.7 Å². The van der Waals surface area contributed by atoms with Crippen LogP contribution in [0.5, 0.6) is 0 Å². The first-order valence-electron chi connectivity index (χ1n) is 7.55. The van der Waals surface area contributed by atoms with Gasteiger partial charge in [-0.1, -0.05) is 6.07 Å². The molecule has 0 saturated carbocycles. The lowest BCUT2D eigenvalue weighted by Gasteiger charge is -2.37. The van der Waals surface area contributed by atoms with Crippen molar-refractivity contribution in [3.05, 3.63) is 53.4 Å². The highest BCUT2D eigenvalue weighted by Gasteiger charge is 2.32. The van der Waals surface area contributed by atoms with Crippen molar-refractivity contribution < 1.29 is 30.7 Å². The molecular formula is C16H12F7N3. The molecule has 10 heteroatoms. The zero-order valence-corrected chi connectivity index (χ0v) is 13.1. The highest BCUT2D eigenvalue weighted by Crippen LogP contribution is 2.32. The Morgan fingerprint density at radius 1 is 0.808 bits per heavy atom. The summed E-state index contributed by atoms with van der Waals surface area (Å²) in [5, 5.41) is 0. The van der Waals surface area contributed by atoms with E-state index in [4.69, 9.17) is 0 Å². The van der Waals surface area contributed by atoms with E-state index < -0.39 is 41.0 Å². The number of pyridine rings is 1. The lowest BCUT2D eigenvalue weighted by molar-refractivity contribution is -0.137. The van der Waals surface area contributed by atoms with Crippen molar-refractivity contribution in [2.24, 2.45) is 0 Å². The molecule has 0 radical (unpaired) electrons. The van der Waals surface area contributed by atoms with Gasteiger partial charge in [0.2, 0.25) is 11.6 Å². The van der Waals surface area contributed by atoms with E-state index in [2.05, 4.69) is 4.98 Å². The first kappa shape index (κ1) is 18.3. The average Bonchev–Trinajstić information content (AvgIpc) is 2.60. The molecule has 0 unspecified atom stereocenters. The van der Waals surface area contributed by atoms with Crippen molar-refractivity contribution in [3.63, 3.8) is 0 Å². The Bertz CT molecular complexity index is 788. The second-order valence-corrected chi connectivity index (χ2v) is 5.69. The molecule has 26 heavy (non-hydrogen) atoms. The Kier molecular flexibility index (Phi) is 4.68. The maximum atomic E-state index is 13.8. The van der Waals surface area contributed by atoms with E-state index in [1.165, 1.54) is 12.1 Å². The molecule has 0 bridgehead atoms. The zero-order chi connectivity index (χ0) is 19.1. The number of benzene rings is 1. The van der Waals surface area contributed by atoms with Gasteiger partial charge in [0.05, 0.1) is 5.56 Å². The second kappa shape index (κ2) is 6.65. The first-order valence-corrected chi connectivity index (χ1v) is 7.55. The van der Waals surface area contributed by atoms with Crippen molar-refractivity contribution in [1.29, 1.82) is 0 Å². The molecule has 2 heterocycles. The van der Waals surface area contributed by atoms with Gasteiger partial charge in [0.15, 0.2) is 0 Å². The van der Waals surface area contributed by atoms with Gasteiger partial charge in [-0.3, -0.25) is 0 Å². The standard InChI is InChI=1S/C16H12F7N3/c17-11-13(12(18)15(20)24-14(11)19)26-6-4-25(5-7-26)10-3-1-2-9(8-10)16(21,22)23/h1-3,8H,4-7H2. The van der Waals surface area contributed by atoms with Crippen LogP contribution in [0.15, 0.2) is 24.3 Å². The van der Waals surface area contributed by atoms with Gasteiger partial charge >= 0.3 is 6.18 Å². The predicted molar refractivity (Wildman–Crippen MR) is 79.9 cm³/mol. The molecule has 0 amide bonds. The number of alkyl halides is 3. The van der Waals surface area contributed by atoms with Crippen molar-refractivity contribution >= 4 is 11.4 Å². The molecule has 0 N–H and O–H groups in total. The number of hydrogen-bond donors (Lipinski definition) is 0. The Morgan fingerprint density at radius 3 is 1.88 bits per heavy atom. The normalized spacial score (nSPS) is 15.5. The van der Waals surface area contributed by atoms with E-state index in [0.717, 1.165) is 17.0 Å². The minimum absolute atomic E-state index is 0.0347. The number of anilines is 2. The Morgan fingerprint density at radius 2 is 1.35 bits per heavy atom. The van der Waals surface area contributed by atoms with Crippen molar-refractivity contribution in [1.82, 2.24) is 4.98 Å². The third kappa shape index (κ3) is 3.40. The van der Waals surface area contributed by atoms with Gasteiger partial charge in [-0.05, 0) is 18.2 Å².